The largest absolute Gasteiger partial charge is 0.334 e. The minimum atomic E-state index is 0.574. The molecule has 0 aromatic carbocycles. The van der Waals surface area contributed by atoms with Crippen molar-refractivity contribution in [3.8, 4) is 0 Å². The maximum Gasteiger partial charge on any atom is 0.0948 e. The van der Waals surface area contributed by atoms with Crippen LogP contribution >= 0.6 is 0 Å². The molecule has 0 amide bonds. The minimum Gasteiger partial charge on any atom is -0.334 e. The molecule has 0 aliphatic heterocycles. The third-order valence-electron chi connectivity index (χ3n) is 5.33. The molecule has 0 N–H and O–H groups in total. The summed E-state index contributed by atoms with van der Waals surface area (Å²) in [5, 5.41) is 0. The highest BCUT2D eigenvalue weighted by atomic mass is 15.0. The number of rotatable bonds is 15. The second-order valence-electron chi connectivity index (χ2n) is 7.41. The van der Waals surface area contributed by atoms with Crippen LogP contribution in [0, 0.1) is 5.92 Å². The zero-order valence-corrected chi connectivity index (χ0v) is 16.0. The van der Waals surface area contributed by atoms with Crippen molar-refractivity contribution in [1.82, 2.24) is 9.55 Å². The summed E-state index contributed by atoms with van der Waals surface area (Å²) in [6, 6.07) is 0.574. The molecule has 0 aliphatic carbocycles. The average molecular weight is 321 g/mol. The Balaban J connectivity index is 1.86. The molecule has 0 spiro atoms. The van der Waals surface area contributed by atoms with Crippen molar-refractivity contribution in [1.29, 1.82) is 0 Å². The van der Waals surface area contributed by atoms with Crippen molar-refractivity contribution in [2.24, 2.45) is 5.92 Å². The molecule has 2 nitrogen and oxygen atoms in total. The first-order valence-electron chi connectivity index (χ1n) is 10.2. The van der Waals surface area contributed by atoms with E-state index in [4.69, 9.17) is 0 Å². The van der Waals surface area contributed by atoms with Crippen molar-refractivity contribution in [2.75, 3.05) is 0 Å². The summed E-state index contributed by atoms with van der Waals surface area (Å²) in [7, 11) is 0. The summed E-state index contributed by atoms with van der Waals surface area (Å²) in [5.41, 5.74) is 0. The van der Waals surface area contributed by atoms with Crippen molar-refractivity contribution in [3.63, 3.8) is 0 Å². The molecule has 0 saturated heterocycles. The van der Waals surface area contributed by atoms with Gasteiger partial charge in [-0.2, -0.15) is 0 Å². The van der Waals surface area contributed by atoms with Crippen molar-refractivity contribution >= 4 is 0 Å². The van der Waals surface area contributed by atoms with Crippen LogP contribution in [-0.4, -0.2) is 9.55 Å². The van der Waals surface area contributed by atoms with Gasteiger partial charge in [-0.05, 0) is 19.3 Å². The lowest BCUT2D eigenvalue weighted by atomic mass is 9.95. The SMILES string of the molecule is CCCCCCCCCCCCCCC(C)C(C)n1ccnc1. The van der Waals surface area contributed by atoms with E-state index in [-0.39, 0.29) is 0 Å². The molecule has 2 unspecified atom stereocenters. The van der Waals surface area contributed by atoms with Gasteiger partial charge in [0.25, 0.3) is 0 Å². The number of hydrogen-bond acceptors (Lipinski definition) is 1. The molecule has 23 heavy (non-hydrogen) atoms. The topological polar surface area (TPSA) is 17.8 Å². The maximum absolute atomic E-state index is 4.15. The minimum absolute atomic E-state index is 0.574. The molecule has 1 rings (SSSR count). The molecule has 0 aliphatic rings. The van der Waals surface area contributed by atoms with E-state index in [1.807, 2.05) is 12.5 Å². The third-order valence-corrected chi connectivity index (χ3v) is 5.33. The summed E-state index contributed by atoms with van der Waals surface area (Å²) in [5.74, 6) is 0.743. The van der Waals surface area contributed by atoms with Crippen LogP contribution in [-0.2, 0) is 0 Å². The lowest BCUT2D eigenvalue weighted by Crippen LogP contribution is -2.12. The molecule has 0 saturated carbocycles. The Hall–Kier alpha value is -0.790. The Kier molecular flexibility index (Phi) is 12.0. The summed E-state index contributed by atoms with van der Waals surface area (Å²) in [6.07, 6.45) is 24.5. The Bertz CT molecular complexity index is 345. The van der Waals surface area contributed by atoms with E-state index in [0.29, 0.717) is 6.04 Å². The fourth-order valence-corrected chi connectivity index (χ4v) is 3.35. The molecule has 2 heteroatoms. The van der Waals surface area contributed by atoms with Crippen LogP contribution in [0.25, 0.3) is 0 Å². The van der Waals surface area contributed by atoms with E-state index in [1.54, 1.807) is 0 Å². The first-order valence-corrected chi connectivity index (χ1v) is 10.2. The van der Waals surface area contributed by atoms with Gasteiger partial charge in [0.1, 0.15) is 0 Å². The van der Waals surface area contributed by atoms with Gasteiger partial charge in [0.05, 0.1) is 6.33 Å². The molecule has 0 bridgehead atoms. The van der Waals surface area contributed by atoms with Gasteiger partial charge in [-0.3, -0.25) is 0 Å². The van der Waals surface area contributed by atoms with E-state index in [0.717, 1.165) is 5.92 Å². The highest BCUT2D eigenvalue weighted by Gasteiger charge is 2.12. The van der Waals surface area contributed by atoms with E-state index in [1.165, 1.54) is 83.5 Å². The van der Waals surface area contributed by atoms with Crippen LogP contribution < -0.4 is 0 Å². The highest BCUT2D eigenvalue weighted by molar-refractivity contribution is 4.80. The first-order chi connectivity index (χ1) is 11.3. The van der Waals surface area contributed by atoms with Crippen molar-refractivity contribution in [2.45, 2.75) is 110 Å². The maximum atomic E-state index is 4.15. The Morgan fingerprint density at radius 3 is 1.78 bits per heavy atom. The fraction of sp³-hybridized carbons (Fsp3) is 0.857. The first kappa shape index (κ1) is 20.3. The number of aromatic nitrogens is 2. The summed E-state index contributed by atoms with van der Waals surface area (Å²) in [4.78, 5) is 4.15. The Labute approximate surface area is 145 Å². The number of imidazole rings is 1. The quantitative estimate of drug-likeness (QED) is 0.313. The van der Waals surface area contributed by atoms with Gasteiger partial charge in [-0.1, -0.05) is 90.9 Å². The predicted molar refractivity (Wildman–Crippen MR) is 102 cm³/mol. The van der Waals surface area contributed by atoms with Gasteiger partial charge in [0, 0.05) is 18.4 Å². The highest BCUT2D eigenvalue weighted by Crippen LogP contribution is 2.23. The molecule has 2 atom stereocenters. The molecule has 134 valence electrons. The second-order valence-corrected chi connectivity index (χ2v) is 7.41. The average Bonchev–Trinajstić information content (AvgIpc) is 3.09. The van der Waals surface area contributed by atoms with Crippen molar-refractivity contribution < 1.29 is 0 Å². The van der Waals surface area contributed by atoms with Gasteiger partial charge in [-0.25, -0.2) is 4.98 Å². The molecule has 0 radical (unpaired) electrons. The lowest BCUT2D eigenvalue weighted by Gasteiger charge is -2.21. The smallest absolute Gasteiger partial charge is 0.0948 e. The van der Waals surface area contributed by atoms with Gasteiger partial charge >= 0.3 is 0 Å². The van der Waals surface area contributed by atoms with E-state index >= 15 is 0 Å². The molecule has 1 heterocycles. The van der Waals surface area contributed by atoms with Crippen LogP contribution in [0.1, 0.15) is 110 Å². The van der Waals surface area contributed by atoms with Gasteiger partial charge in [0.15, 0.2) is 0 Å². The Morgan fingerprint density at radius 2 is 1.30 bits per heavy atom. The molecule has 0 fully saturated rings. The van der Waals surface area contributed by atoms with Gasteiger partial charge < -0.3 is 4.57 Å². The predicted octanol–water partition coefficient (Wildman–Crippen LogP) is 7.17. The van der Waals surface area contributed by atoms with E-state index < -0.39 is 0 Å². The van der Waals surface area contributed by atoms with Crippen LogP contribution in [0.3, 0.4) is 0 Å². The van der Waals surface area contributed by atoms with E-state index in [2.05, 4.69) is 36.5 Å². The van der Waals surface area contributed by atoms with Crippen LogP contribution in [0.4, 0.5) is 0 Å². The standard InChI is InChI=1S/C21H40N2/c1-4-5-6-7-8-9-10-11-12-13-14-15-16-20(2)21(3)23-18-17-22-19-23/h17-21H,4-16H2,1-3H3. The monoisotopic (exact) mass is 320 g/mol. The van der Waals surface area contributed by atoms with Gasteiger partial charge in [0.2, 0.25) is 0 Å². The normalized spacial score (nSPS) is 14.0. The third kappa shape index (κ3) is 9.84. The van der Waals surface area contributed by atoms with Crippen molar-refractivity contribution in [3.05, 3.63) is 18.7 Å². The summed E-state index contributed by atoms with van der Waals surface area (Å²) < 4.78 is 2.24. The van der Waals surface area contributed by atoms with Gasteiger partial charge in [-0.15, -0.1) is 0 Å². The molecule has 1 aromatic rings. The summed E-state index contributed by atoms with van der Waals surface area (Å²) >= 11 is 0. The fourth-order valence-electron chi connectivity index (χ4n) is 3.35. The Morgan fingerprint density at radius 1 is 0.783 bits per heavy atom. The lowest BCUT2D eigenvalue weighted by molar-refractivity contribution is 0.345. The summed E-state index contributed by atoms with van der Waals surface area (Å²) in [6.45, 7) is 6.98. The number of unbranched alkanes of at least 4 members (excludes halogenated alkanes) is 11. The number of nitrogens with zero attached hydrogens (tertiary/aromatic N) is 2. The molecule has 1 aromatic heterocycles. The van der Waals surface area contributed by atoms with Crippen LogP contribution in [0.15, 0.2) is 18.7 Å². The zero-order valence-electron chi connectivity index (χ0n) is 16.0. The second kappa shape index (κ2) is 13.6. The zero-order chi connectivity index (χ0) is 16.8. The molecular weight excluding hydrogens is 280 g/mol. The van der Waals surface area contributed by atoms with Crippen LogP contribution in [0.5, 0.6) is 0 Å². The number of hydrogen-bond donors (Lipinski definition) is 0. The molecular formula is C21H40N2. The van der Waals surface area contributed by atoms with E-state index in [9.17, 15) is 0 Å². The van der Waals surface area contributed by atoms with Crippen LogP contribution in [0.2, 0.25) is 0 Å².